The van der Waals surface area contributed by atoms with Crippen LogP contribution in [0.1, 0.15) is 29.8 Å². The molecular weight excluding hydrogens is 457 g/mol. The number of carbonyl (C=O) groups excluding carboxylic acids is 3. The summed E-state index contributed by atoms with van der Waals surface area (Å²) < 4.78 is 0.639. The van der Waals surface area contributed by atoms with Gasteiger partial charge in [0.1, 0.15) is 16.9 Å². The van der Waals surface area contributed by atoms with Crippen molar-refractivity contribution in [2.45, 2.75) is 42.2 Å². The number of likely N-dealkylation sites (tertiary alicyclic amines) is 1. The summed E-state index contributed by atoms with van der Waals surface area (Å²) in [6, 6.07) is 6.13. The Hall–Kier alpha value is -2.36. The highest BCUT2D eigenvalue weighted by Gasteiger charge is 2.67. The second kappa shape index (κ2) is 7.33. The molecule has 1 aliphatic heterocycles. The van der Waals surface area contributed by atoms with E-state index >= 15 is 0 Å². The number of para-hydroxylation sites is 1. The summed E-state index contributed by atoms with van der Waals surface area (Å²) in [5.41, 5.74) is 5.70. The number of nitrogens with zero attached hydrogens (tertiary/aromatic N) is 3. The summed E-state index contributed by atoms with van der Waals surface area (Å²) in [5.74, 6) is -1.27. The van der Waals surface area contributed by atoms with E-state index in [1.165, 1.54) is 4.68 Å². The first-order valence-corrected chi connectivity index (χ1v) is 11.3. The van der Waals surface area contributed by atoms with Crippen molar-refractivity contribution in [1.82, 2.24) is 20.0 Å². The standard InChI is InChI=1S/C21H23Cl2N5O4/c22-21(23)5-11(21)8-25-19(32)14-6-20(10-29)7-15(20)28(14)16(30)9-27-13-4-2-1-3-12(13)17(26-27)18(24)31/h1-4,11,14-15,29H,5-10H2,(H2,24,31)(H,25,32)/t11-,14+,15-,20+/m1/s1. The molecule has 0 bridgehead atoms. The van der Waals surface area contributed by atoms with Crippen LogP contribution in [0.15, 0.2) is 24.3 Å². The zero-order valence-electron chi connectivity index (χ0n) is 17.1. The zero-order valence-corrected chi connectivity index (χ0v) is 18.6. The van der Waals surface area contributed by atoms with Gasteiger partial charge in [0, 0.05) is 29.3 Å². The Morgan fingerprint density at radius 2 is 1.94 bits per heavy atom. The fraction of sp³-hybridized carbons (Fsp3) is 0.524. The first-order chi connectivity index (χ1) is 15.2. The molecule has 2 heterocycles. The van der Waals surface area contributed by atoms with Crippen LogP contribution in [0, 0.1) is 11.3 Å². The van der Waals surface area contributed by atoms with Gasteiger partial charge in [-0.3, -0.25) is 19.1 Å². The Morgan fingerprint density at radius 1 is 1.22 bits per heavy atom. The van der Waals surface area contributed by atoms with Crippen LogP contribution in [0.25, 0.3) is 10.9 Å². The third-order valence-corrected chi connectivity index (χ3v) is 7.90. The molecule has 0 spiro atoms. The first-order valence-electron chi connectivity index (χ1n) is 10.5. The van der Waals surface area contributed by atoms with Crippen molar-refractivity contribution >= 4 is 51.8 Å². The highest BCUT2D eigenvalue weighted by atomic mass is 35.5. The monoisotopic (exact) mass is 479 g/mol. The van der Waals surface area contributed by atoms with Gasteiger partial charge in [-0.2, -0.15) is 5.10 Å². The Bertz CT molecular complexity index is 1130. The number of alkyl halides is 2. The molecule has 3 fully saturated rings. The smallest absolute Gasteiger partial charge is 0.269 e. The average Bonchev–Trinajstić information content (AvgIpc) is 3.52. The minimum Gasteiger partial charge on any atom is -0.396 e. The van der Waals surface area contributed by atoms with E-state index in [1.54, 1.807) is 29.2 Å². The fourth-order valence-corrected chi connectivity index (χ4v) is 5.44. The van der Waals surface area contributed by atoms with Crippen molar-refractivity contribution in [3.63, 3.8) is 0 Å². The third kappa shape index (κ3) is 3.43. The van der Waals surface area contributed by atoms with Crippen LogP contribution in [-0.2, 0) is 16.1 Å². The van der Waals surface area contributed by atoms with Crippen molar-refractivity contribution in [3.8, 4) is 0 Å². The molecule has 5 rings (SSSR count). The lowest BCUT2D eigenvalue weighted by Crippen LogP contribution is -2.49. The summed E-state index contributed by atoms with van der Waals surface area (Å²) in [5, 5.41) is 17.5. The second-order valence-corrected chi connectivity index (χ2v) is 10.6. The number of piperidine rings is 1. The lowest BCUT2D eigenvalue weighted by molar-refractivity contribution is -0.140. The van der Waals surface area contributed by atoms with Crippen molar-refractivity contribution in [2.24, 2.45) is 17.1 Å². The lowest BCUT2D eigenvalue weighted by atomic mass is 10.0. The molecule has 3 aliphatic rings. The predicted octanol–water partition coefficient (Wildman–Crippen LogP) is 0.797. The summed E-state index contributed by atoms with van der Waals surface area (Å²) >= 11 is 12.1. The number of fused-ring (bicyclic) bond motifs is 2. The number of benzene rings is 1. The quantitative estimate of drug-likeness (QED) is 0.505. The maximum Gasteiger partial charge on any atom is 0.269 e. The number of aliphatic hydroxyl groups is 1. The first kappa shape index (κ1) is 21.5. The van der Waals surface area contributed by atoms with Crippen molar-refractivity contribution in [2.75, 3.05) is 13.2 Å². The molecule has 2 aliphatic carbocycles. The largest absolute Gasteiger partial charge is 0.396 e. The second-order valence-electron chi connectivity index (χ2n) is 9.06. The number of aliphatic hydroxyl groups excluding tert-OH is 1. The zero-order chi connectivity index (χ0) is 22.8. The molecule has 4 atom stereocenters. The van der Waals surface area contributed by atoms with E-state index in [0.29, 0.717) is 36.7 Å². The number of aromatic nitrogens is 2. The molecule has 3 amide bonds. The van der Waals surface area contributed by atoms with E-state index in [9.17, 15) is 19.5 Å². The van der Waals surface area contributed by atoms with Gasteiger partial charge in [0.05, 0.1) is 12.1 Å². The number of nitrogens with one attached hydrogen (secondary N) is 1. The number of carbonyl (C=O) groups is 3. The number of rotatable bonds is 7. The van der Waals surface area contributed by atoms with E-state index in [1.807, 2.05) is 0 Å². The number of halogens is 2. The Labute approximate surface area is 193 Å². The van der Waals surface area contributed by atoms with Crippen LogP contribution in [0.2, 0.25) is 0 Å². The van der Waals surface area contributed by atoms with E-state index in [0.717, 1.165) is 0 Å². The molecule has 11 heteroatoms. The van der Waals surface area contributed by atoms with E-state index in [2.05, 4.69) is 10.4 Å². The number of hydrogen-bond acceptors (Lipinski definition) is 5. The summed E-state index contributed by atoms with van der Waals surface area (Å²) in [7, 11) is 0. The number of amides is 3. The average molecular weight is 480 g/mol. The molecule has 2 aromatic rings. The molecule has 4 N–H and O–H groups in total. The van der Waals surface area contributed by atoms with Gasteiger partial charge in [0.2, 0.25) is 11.8 Å². The summed E-state index contributed by atoms with van der Waals surface area (Å²) in [6.45, 7) is 0.106. The van der Waals surface area contributed by atoms with Crippen LogP contribution < -0.4 is 11.1 Å². The minimum absolute atomic E-state index is 0.00988. The van der Waals surface area contributed by atoms with Crippen molar-refractivity contribution in [3.05, 3.63) is 30.0 Å². The van der Waals surface area contributed by atoms with Gasteiger partial charge in [-0.25, -0.2) is 0 Å². The van der Waals surface area contributed by atoms with Crippen LogP contribution in [-0.4, -0.2) is 67.1 Å². The minimum atomic E-state index is -0.799. The maximum absolute atomic E-state index is 13.3. The van der Waals surface area contributed by atoms with Gasteiger partial charge in [0.25, 0.3) is 5.91 Å². The highest BCUT2D eigenvalue weighted by Crippen LogP contribution is 2.59. The highest BCUT2D eigenvalue weighted by molar-refractivity contribution is 6.50. The number of nitrogens with two attached hydrogens (primary N) is 1. The van der Waals surface area contributed by atoms with Crippen molar-refractivity contribution < 1.29 is 19.5 Å². The molecule has 0 radical (unpaired) electrons. The Balaban J connectivity index is 1.36. The van der Waals surface area contributed by atoms with Gasteiger partial charge >= 0.3 is 0 Å². The van der Waals surface area contributed by atoms with Gasteiger partial charge in [-0.1, -0.05) is 18.2 Å². The fourth-order valence-electron chi connectivity index (χ4n) is 4.91. The molecule has 32 heavy (non-hydrogen) atoms. The van der Waals surface area contributed by atoms with E-state index in [4.69, 9.17) is 28.9 Å². The summed E-state index contributed by atoms with van der Waals surface area (Å²) in [4.78, 5) is 39.6. The third-order valence-electron chi connectivity index (χ3n) is 6.98. The number of hydrogen-bond donors (Lipinski definition) is 3. The molecular formula is C21H23Cl2N5O4. The molecule has 1 saturated heterocycles. The lowest BCUT2D eigenvalue weighted by Gasteiger charge is -2.27. The molecule has 1 aromatic carbocycles. The maximum atomic E-state index is 13.3. The van der Waals surface area contributed by atoms with Crippen LogP contribution in [0.3, 0.4) is 0 Å². The topological polar surface area (TPSA) is 131 Å². The Morgan fingerprint density at radius 3 is 2.59 bits per heavy atom. The Kier molecular flexibility index (Phi) is 4.92. The molecule has 0 unspecified atom stereocenters. The molecule has 2 saturated carbocycles. The predicted molar refractivity (Wildman–Crippen MR) is 117 cm³/mol. The van der Waals surface area contributed by atoms with Crippen LogP contribution in [0.5, 0.6) is 0 Å². The van der Waals surface area contributed by atoms with Crippen LogP contribution in [0.4, 0.5) is 0 Å². The number of primary amides is 1. The molecule has 170 valence electrons. The van der Waals surface area contributed by atoms with Crippen molar-refractivity contribution in [1.29, 1.82) is 0 Å². The van der Waals surface area contributed by atoms with Gasteiger partial charge < -0.3 is 21.1 Å². The van der Waals surface area contributed by atoms with Gasteiger partial charge in [-0.05, 0) is 25.3 Å². The molecule has 9 nitrogen and oxygen atoms in total. The molecule has 1 aromatic heterocycles. The van der Waals surface area contributed by atoms with E-state index in [-0.39, 0.29) is 42.6 Å². The van der Waals surface area contributed by atoms with Gasteiger partial charge in [0.15, 0.2) is 5.69 Å². The summed E-state index contributed by atoms with van der Waals surface area (Å²) in [6.07, 6.45) is 1.66. The SMILES string of the molecule is NC(=O)c1nn(CC(=O)N2[C@H](C(=O)NC[C@H]3CC3(Cl)Cl)C[C@@]3(CO)C[C@@H]23)c2ccccc12. The van der Waals surface area contributed by atoms with Crippen LogP contribution >= 0.6 is 23.2 Å². The van der Waals surface area contributed by atoms with Gasteiger partial charge in [-0.15, -0.1) is 23.2 Å². The van der Waals surface area contributed by atoms with E-state index < -0.39 is 21.7 Å². The normalized spacial score (nSPS) is 29.6.